The predicted molar refractivity (Wildman–Crippen MR) is 74.1 cm³/mol. The van der Waals surface area contributed by atoms with E-state index >= 15 is 0 Å². The van der Waals surface area contributed by atoms with Crippen LogP contribution in [0.2, 0.25) is 0 Å². The molecule has 6 nitrogen and oxygen atoms in total. The number of methoxy groups -OCH3 is 1. The molecule has 2 rings (SSSR count). The minimum atomic E-state index is -0.581. The molecule has 1 aromatic carbocycles. The van der Waals surface area contributed by atoms with Crippen LogP contribution in [0.4, 0.5) is 0 Å². The minimum Gasteiger partial charge on any atom is -0.497 e. The molecule has 0 saturated carbocycles. The average molecular weight is 275 g/mol. The molecule has 1 unspecified atom stereocenters. The van der Waals surface area contributed by atoms with E-state index in [4.69, 9.17) is 9.84 Å². The number of ether oxygens (including phenoxy) is 1. The van der Waals surface area contributed by atoms with E-state index in [-0.39, 0.29) is 12.5 Å². The highest BCUT2D eigenvalue weighted by Crippen LogP contribution is 2.14. The van der Waals surface area contributed by atoms with Gasteiger partial charge in [-0.3, -0.25) is 4.79 Å². The normalized spacial score (nSPS) is 11.9. The van der Waals surface area contributed by atoms with Crippen LogP contribution in [-0.4, -0.2) is 40.6 Å². The van der Waals surface area contributed by atoms with Gasteiger partial charge in [-0.05, 0) is 37.3 Å². The molecule has 20 heavy (non-hydrogen) atoms. The molecule has 0 aliphatic carbocycles. The zero-order valence-corrected chi connectivity index (χ0v) is 11.4. The maximum Gasteiger partial charge on any atom is 0.271 e. The summed E-state index contributed by atoms with van der Waals surface area (Å²) in [4.78, 5) is 11.8. The Hall–Kier alpha value is -2.34. The molecule has 1 aromatic heterocycles. The number of benzene rings is 1. The van der Waals surface area contributed by atoms with Gasteiger partial charge in [-0.15, -0.1) is 0 Å². The van der Waals surface area contributed by atoms with Crippen LogP contribution in [0.3, 0.4) is 0 Å². The Morgan fingerprint density at radius 3 is 2.70 bits per heavy atom. The van der Waals surface area contributed by atoms with Gasteiger partial charge < -0.3 is 15.2 Å². The van der Waals surface area contributed by atoms with Gasteiger partial charge in [-0.1, -0.05) is 0 Å². The molecular formula is C14H17N3O3. The van der Waals surface area contributed by atoms with E-state index in [2.05, 4.69) is 10.4 Å². The predicted octanol–water partition coefficient (Wildman–Crippen LogP) is 0.991. The molecule has 6 heteroatoms. The number of amides is 1. The second-order valence-electron chi connectivity index (χ2n) is 4.40. The molecule has 0 spiro atoms. The van der Waals surface area contributed by atoms with Crippen LogP contribution in [0.5, 0.6) is 5.75 Å². The number of aliphatic hydroxyl groups is 1. The first kappa shape index (κ1) is 14.1. The van der Waals surface area contributed by atoms with Crippen molar-refractivity contribution in [2.24, 2.45) is 0 Å². The number of carbonyl (C=O) groups is 1. The number of nitrogens with zero attached hydrogens (tertiary/aromatic N) is 2. The molecule has 2 N–H and O–H groups in total. The van der Waals surface area contributed by atoms with Crippen LogP contribution in [0, 0.1) is 0 Å². The Morgan fingerprint density at radius 1 is 1.40 bits per heavy atom. The van der Waals surface area contributed by atoms with Crippen LogP contribution in [0.1, 0.15) is 17.4 Å². The summed E-state index contributed by atoms with van der Waals surface area (Å²) in [6, 6.07) is 8.97. The number of hydrogen-bond acceptors (Lipinski definition) is 4. The van der Waals surface area contributed by atoms with Gasteiger partial charge in [0.05, 0.1) is 18.9 Å². The number of rotatable bonds is 5. The maximum atomic E-state index is 11.8. The fourth-order valence-corrected chi connectivity index (χ4v) is 1.65. The highest BCUT2D eigenvalue weighted by molar-refractivity contribution is 5.92. The molecule has 0 radical (unpaired) electrons. The molecule has 106 valence electrons. The van der Waals surface area contributed by atoms with Crippen LogP contribution in [0.25, 0.3) is 5.69 Å². The fourth-order valence-electron chi connectivity index (χ4n) is 1.65. The van der Waals surface area contributed by atoms with Crippen molar-refractivity contribution in [3.63, 3.8) is 0 Å². The molecule has 0 aliphatic heterocycles. The lowest BCUT2D eigenvalue weighted by Gasteiger charge is -2.05. The highest BCUT2D eigenvalue weighted by Gasteiger charge is 2.10. The van der Waals surface area contributed by atoms with Gasteiger partial charge in [0.2, 0.25) is 0 Å². The molecule has 0 aliphatic rings. The maximum absolute atomic E-state index is 11.8. The number of aromatic nitrogens is 2. The smallest absolute Gasteiger partial charge is 0.271 e. The van der Waals surface area contributed by atoms with E-state index in [1.807, 2.05) is 24.3 Å². The quantitative estimate of drug-likeness (QED) is 0.853. The first-order valence-electron chi connectivity index (χ1n) is 6.26. The molecule has 1 heterocycles. The molecule has 1 atom stereocenters. The summed E-state index contributed by atoms with van der Waals surface area (Å²) in [6.45, 7) is 1.81. The summed E-state index contributed by atoms with van der Waals surface area (Å²) in [5.41, 5.74) is 1.14. The van der Waals surface area contributed by atoms with Crippen LogP contribution < -0.4 is 10.1 Å². The lowest BCUT2D eigenvalue weighted by molar-refractivity contribution is 0.0918. The summed E-state index contributed by atoms with van der Waals surface area (Å²) in [7, 11) is 1.60. The van der Waals surface area contributed by atoms with Crippen LogP contribution in [-0.2, 0) is 0 Å². The summed E-state index contributed by atoms with van der Waals surface area (Å²) in [6.07, 6.45) is 1.13. The fraction of sp³-hybridized carbons (Fsp3) is 0.286. The Kier molecular flexibility index (Phi) is 4.37. The summed E-state index contributed by atoms with van der Waals surface area (Å²) >= 11 is 0. The van der Waals surface area contributed by atoms with Crippen LogP contribution >= 0.6 is 0 Å². The average Bonchev–Trinajstić information content (AvgIpc) is 2.94. The van der Waals surface area contributed by atoms with Crippen molar-refractivity contribution in [2.75, 3.05) is 13.7 Å². The first-order valence-corrected chi connectivity index (χ1v) is 6.26. The Labute approximate surface area is 117 Å². The van der Waals surface area contributed by atoms with E-state index in [0.717, 1.165) is 11.4 Å². The largest absolute Gasteiger partial charge is 0.497 e. The van der Waals surface area contributed by atoms with Gasteiger partial charge in [-0.25, -0.2) is 4.68 Å². The van der Waals surface area contributed by atoms with E-state index in [1.54, 1.807) is 31.0 Å². The minimum absolute atomic E-state index is 0.203. The zero-order chi connectivity index (χ0) is 14.5. The zero-order valence-electron chi connectivity index (χ0n) is 11.4. The summed E-state index contributed by atoms with van der Waals surface area (Å²) < 4.78 is 6.69. The Bertz CT molecular complexity index is 576. The monoisotopic (exact) mass is 275 g/mol. The second kappa shape index (κ2) is 6.21. The molecule has 0 bridgehead atoms. The Morgan fingerprint density at radius 2 is 2.10 bits per heavy atom. The van der Waals surface area contributed by atoms with Crippen molar-refractivity contribution < 1.29 is 14.6 Å². The third-order valence-electron chi connectivity index (χ3n) is 2.72. The molecule has 1 amide bonds. The standard InChI is InChI=1S/C14H17N3O3/c1-10(18)9-15-14(19)13-7-8-17(16-13)11-3-5-12(20-2)6-4-11/h3-8,10,18H,9H2,1-2H3,(H,15,19). The van der Waals surface area contributed by atoms with Crippen molar-refractivity contribution in [3.05, 3.63) is 42.2 Å². The SMILES string of the molecule is COc1ccc(-n2ccc(C(=O)NCC(C)O)n2)cc1. The third kappa shape index (κ3) is 3.36. The second-order valence-corrected chi connectivity index (χ2v) is 4.40. The Balaban J connectivity index is 2.09. The number of nitrogens with one attached hydrogen (secondary N) is 1. The van der Waals surface area contributed by atoms with Gasteiger partial charge >= 0.3 is 0 Å². The van der Waals surface area contributed by atoms with E-state index in [1.165, 1.54) is 0 Å². The van der Waals surface area contributed by atoms with E-state index < -0.39 is 6.10 Å². The van der Waals surface area contributed by atoms with Crippen molar-refractivity contribution in [2.45, 2.75) is 13.0 Å². The number of carbonyl (C=O) groups excluding carboxylic acids is 1. The lowest BCUT2D eigenvalue weighted by atomic mass is 10.3. The van der Waals surface area contributed by atoms with Gasteiger partial charge in [0, 0.05) is 12.7 Å². The molecule has 0 fully saturated rings. The lowest BCUT2D eigenvalue weighted by Crippen LogP contribution is -2.30. The summed E-state index contributed by atoms with van der Waals surface area (Å²) in [5, 5.41) is 15.9. The molecule has 0 saturated heterocycles. The van der Waals surface area contributed by atoms with Gasteiger partial charge in [0.15, 0.2) is 5.69 Å². The highest BCUT2D eigenvalue weighted by atomic mass is 16.5. The number of aliphatic hydroxyl groups excluding tert-OH is 1. The van der Waals surface area contributed by atoms with E-state index in [0.29, 0.717) is 5.69 Å². The third-order valence-corrected chi connectivity index (χ3v) is 2.72. The molecule has 2 aromatic rings. The van der Waals surface area contributed by atoms with Gasteiger partial charge in [-0.2, -0.15) is 5.10 Å². The number of hydrogen-bond donors (Lipinski definition) is 2. The van der Waals surface area contributed by atoms with Crippen molar-refractivity contribution in [3.8, 4) is 11.4 Å². The van der Waals surface area contributed by atoms with Gasteiger partial charge in [0.25, 0.3) is 5.91 Å². The van der Waals surface area contributed by atoms with Crippen LogP contribution in [0.15, 0.2) is 36.5 Å². The topological polar surface area (TPSA) is 76.4 Å². The van der Waals surface area contributed by atoms with Crippen molar-refractivity contribution in [1.82, 2.24) is 15.1 Å². The first-order chi connectivity index (χ1) is 9.60. The van der Waals surface area contributed by atoms with Crippen molar-refractivity contribution in [1.29, 1.82) is 0 Å². The molecular weight excluding hydrogens is 258 g/mol. The summed E-state index contributed by atoms with van der Waals surface area (Å²) in [5.74, 6) is 0.453. The van der Waals surface area contributed by atoms with E-state index in [9.17, 15) is 4.79 Å². The van der Waals surface area contributed by atoms with Crippen molar-refractivity contribution >= 4 is 5.91 Å². The van der Waals surface area contributed by atoms with Gasteiger partial charge in [0.1, 0.15) is 5.75 Å².